The van der Waals surface area contributed by atoms with Crippen LogP contribution in [0.3, 0.4) is 0 Å². The van der Waals surface area contributed by atoms with Crippen molar-refractivity contribution in [1.82, 2.24) is 4.90 Å². The van der Waals surface area contributed by atoms with Crippen LogP contribution in [0.1, 0.15) is 20.8 Å². The minimum Gasteiger partial charge on any atom is -0.465 e. The van der Waals surface area contributed by atoms with Gasteiger partial charge in [0, 0.05) is 6.54 Å². The molecule has 18 heavy (non-hydrogen) atoms. The Hall–Kier alpha value is -1.72. The Kier molecular flexibility index (Phi) is 4.21. The van der Waals surface area contributed by atoms with Crippen LogP contribution in [0.25, 0.3) is 5.53 Å². The van der Waals surface area contributed by atoms with Crippen LogP contribution in [0, 0.1) is 5.41 Å². The Morgan fingerprint density at radius 3 is 2.56 bits per heavy atom. The molecule has 1 rings (SSSR count). The van der Waals surface area contributed by atoms with Crippen LogP contribution in [-0.2, 0) is 9.53 Å². The molecule has 2 unspecified atom stereocenters. The molecule has 1 heterocycles. The second kappa shape index (κ2) is 5.29. The van der Waals surface area contributed by atoms with Gasteiger partial charge in [0.15, 0.2) is 0 Å². The number of hydrogen-bond donors (Lipinski definition) is 1. The van der Waals surface area contributed by atoms with Gasteiger partial charge in [0.25, 0.3) is 5.78 Å². The van der Waals surface area contributed by atoms with Crippen LogP contribution >= 0.6 is 0 Å². The topological polar surface area (TPSA) is 103 Å². The number of morpholine rings is 1. The third-order valence-electron chi connectivity index (χ3n) is 2.83. The molecule has 0 aromatic rings. The summed E-state index contributed by atoms with van der Waals surface area (Å²) < 4.78 is 5.53. The molecular weight excluding hydrogens is 238 g/mol. The van der Waals surface area contributed by atoms with Crippen molar-refractivity contribution in [3.63, 3.8) is 0 Å². The molecule has 7 heteroatoms. The van der Waals surface area contributed by atoms with E-state index in [0.717, 1.165) is 4.90 Å². The molecule has 0 bridgehead atoms. The number of ether oxygens (including phenoxy) is 1. The number of amides is 1. The van der Waals surface area contributed by atoms with Crippen LogP contribution in [0.5, 0.6) is 0 Å². The Morgan fingerprint density at radius 1 is 1.50 bits per heavy atom. The maximum absolute atomic E-state index is 11.9. The summed E-state index contributed by atoms with van der Waals surface area (Å²) in [6.07, 6.45) is -1.04. The summed E-state index contributed by atoms with van der Waals surface area (Å²) in [5.74, 6) is -0.584. The normalized spacial score (nSPS) is 24.3. The Balaban J connectivity index is 3.13. The summed E-state index contributed by atoms with van der Waals surface area (Å²) in [5.41, 5.74) is 8.02. The van der Waals surface area contributed by atoms with Crippen LogP contribution in [0.4, 0.5) is 4.79 Å². The van der Waals surface area contributed by atoms with Gasteiger partial charge in [-0.2, -0.15) is 4.79 Å². The molecule has 0 spiro atoms. The predicted octanol–water partition coefficient (Wildman–Crippen LogP) is 0.650. The Bertz CT molecular complexity index is 396. The monoisotopic (exact) mass is 255 g/mol. The molecule has 7 nitrogen and oxygen atoms in total. The van der Waals surface area contributed by atoms with Gasteiger partial charge in [-0.15, -0.1) is 0 Å². The lowest BCUT2D eigenvalue weighted by Crippen LogP contribution is -2.61. The highest BCUT2D eigenvalue weighted by Gasteiger charge is 2.46. The van der Waals surface area contributed by atoms with E-state index in [9.17, 15) is 9.59 Å². The lowest BCUT2D eigenvalue weighted by Gasteiger charge is -2.43. The molecule has 1 fully saturated rings. The number of Topliss-reactive ketones (excluding diaryl/α,β-unsaturated/α-hetero) is 1. The Labute approximate surface area is 105 Å². The first kappa shape index (κ1) is 14.3. The molecule has 1 saturated heterocycles. The van der Waals surface area contributed by atoms with Gasteiger partial charge in [-0.05, 0) is 5.41 Å². The molecule has 1 aliphatic heterocycles. The van der Waals surface area contributed by atoms with Gasteiger partial charge in [0.2, 0.25) is 0 Å². The first-order chi connectivity index (χ1) is 8.29. The summed E-state index contributed by atoms with van der Waals surface area (Å²) in [6, 6.07) is -0.979. The molecule has 1 amide bonds. The van der Waals surface area contributed by atoms with E-state index in [0.29, 0.717) is 6.21 Å². The number of carbonyl (C=O) groups is 2. The lowest BCUT2D eigenvalue weighted by molar-refractivity contribution is -0.142. The van der Waals surface area contributed by atoms with E-state index in [1.54, 1.807) is 0 Å². The molecular formula is C11H17N3O4. The van der Waals surface area contributed by atoms with Crippen molar-refractivity contribution in [1.29, 1.82) is 0 Å². The van der Waals surface area contributed by atoms with Crippen molar-refractivity contribution in [2.45, 2.75) is 32.9 Å². The van der Waals surface area contributed by atoms with Crippen molar-refractivity contribution in [2.24, 2.45) is 5.41 Å². The largest absolute Gasteiger partial charge is 0.465 e. The second-order valence-corrected chi connectivity index (χ2v) is 5.23. The number of rotatable bonds is 2. The highest BCUT2D eigenvalue weighted by molar-refractivity contribution is 6.28. The van der Waals surface area contributed by atoms with Gasteiger partial charge in [0.05, 0.1) is 12.7 Å². The smallest absolute Gasteiger partial charge is 0.408 e. The Morgan fingerprint density at radius 2 is 2.11 bits per heavy atom. The fourth-order valence-electron chi connectivity index (χ4n) is 2.05. The zero-order valence-corrected chi connectivity index (χ0v) is 10.7. The molecule has 1 aliphatic rings. The van der Waals surface area contributed by atoms with Gasteiger partial charge < -0.3 is 15.4 Å². The van der Waals surface area contributed by atoms with E-state index in [2.05, 4.69) is 4.79 Å². The standard InChI is InChI=1S/C11H17N3O4/c1-11(2,3)9-8(7(15)6-13-12)14(10(16)17)4-5-18-9/h6,8-9H,4-5H2,1-3H3,(H,16,17). The molecule has 0 aliphatic carbocycles. The number of ketones is 1. The number of hydrogen-bond acceptors (Lipinski definition) is 3. The third kappa shape index (κ3) is 2.94. The van der Waals surface area contributed by atoms with E-state index in [4.69, 9.17) is 15.4 Å². The molecule has 0 saturated carbocycles. The van der Waals surface area contributed by atoms with E-state index in [-0.39, 0.29) is 13.2 Å². The highest BCUT2D eigenvalue weighted by Crippen LogP contribution is 2.30. The zero-order valence-electron chi connectivity index (χ0n) is 10.7. The second-order valence-electron chi connectivity index (χ2n) is 5.23. The van der Waals surface area contributed by atoms with Gasteiger partial charge in [-0.1, -0.05) is 20.8 Å². The molecule has 100 valence electrons. The maximum Gasteiger partial charge on any atom is 0.408 e. The van der Waals surface area contributed by atoms with Crippen LogP contribution in [-0.4, -0.2) is 58.2 Å². The van der Waals surface area contributed by atoms with E-state index in [1.807, 2.05) is 20.8 Å². The first-order valence-corrected chi connectivity index (χ1v) is 5.61. The average Bonchev–Trinajstić information content (AvgIpc) is 2.27. The number of carbonyl (C=O) groups excluding carboxylic acids is 1. The van der Waals surface area contributed by atoms with Crippen LogP contribution < -0.4 is 0 Å². The van der Waals surface area contributed by atoms with Crippen molar-refractivity contribution < 1.29 is 24.2 Å². The molecule has 0 radical (unpaired) electrons. The van der Waals surface area contributed by atoms with Crippen molar-refractivity contribution in [2.75, 3.05) is 13.2 Å². The minimum absolute atomic E-state index is 0.123. The third-order valence-corrected chi connectivity index (χ3v) is 2.83. The fraction of sp³-hybridized carbons (Fsp3) is 0.727. The van der Waals surface area contributed by atoms with Crippen molar-refractivity contribution >= 4 is 18.1 Å². The van der Waals surface area contributed by atoms with Gasteiger partial charge in [-0.25, -0.2) is 4.79 Å². The van der Waals surface area contributed by atoms with Gasteiger partial charge in [0.1, 0.15) is 6.04 Å². The first-order valence-electron chi connectivity index (χ1n) is 5.61. The van der Waals surface area contributed by atoms with Crippen LogP contribution in [0.15, 0.2) is 0 Å². The zero-order chi connectivity index (χ0) is 13.9. The summed E-state index contributed by atoms with van der Waals surface area (Å²) >= 11 is 0. The van der Waals surface area contributed by atoms with E-state index < -0.39 is 29.4 Å². The summed E-state index contributed by atoms with van der Waals surface area (Å²) in [5, 5.41) is 9.12. The predicted molar refractivity (Wildman–Crippen MR) is 62.4 cm³/mol. The quantitative estimate of drug-likeness (QED) is 0.444. The SMILES string of the molecule is CC(C)(C)C1OCCN(C(=O)O)C1C(=O)C=[N+]=[N-]. The fourth-order valence-corrected chi connectivity index (χ4v) is 2.05. The summed E-state index contributed by atoms with van der Waals surface area (Å²) in [4.78, 5) is 26.7. The lowest BCUT2D eigenvalue weighted by atomic mass is 9.82. The summed E-state index contributed by atoms with van der Waals surface area (Å²) in [6.45, 7) is 5.95. The molecule has 0 aromatic heterocycles. The highest BCUT2D eigenvalue weighted by atomic mass is 16.5. The average molecular weight is 255 g/mol. The number of nitrogens with zero attached hydrogens (tertiary/aromatic N) is 3. The number of carboxylic acid groups (broad SMARTS) is 1. The molecule has 0 aromatic carbocycles. The maximum atomic E-state index is 11.9. The molecule has 1 N–H and O–H groups in total. The minimum atomic E-state index is -1.18. The summed E-state index contributed by atoms with van der Waals surface area (Å²) in [7, 11) is 0. The van der Waals surface area contributed by atoms with Crippen LogP contribution in [0.2, 0.25) is 0 Å². The van der Waals surface area contributed by atoms with E-state index in [1.165, 1.54) is 0 Å². The van der Waals surface area contributed by atoms with E-state index >= 15 is 0 Å². The van der Waals surface area contributed by atoms with Crippen molar-refractivity contribution in [3.8, 4) is 0 Å². The van der Waals surface area contributed by atoms with Crippen molar-refractivity contribution in [3.05, 3.63) is 5.53 Å². The van der Waals surface area contributed by atoms with Gasteiger partial charge in [-0.3, -0.25) is 9.69 Å². The van der Waals surface area contributed by atoms with Gasteiger partial charge >= 0.3 is 12.3 Å². The molecule has 2 atom stereocenters.